The molecule has 2 heterocycles. The highest BCUT2D eigenvalue weighted by atomic mass is 32.2. The maximum absolute atomic E-state index is 2.37. The fourth-order valence-electron chi connectivity index (χ4n) is 1.83. The van der Waals surface area contributed by atoms with Gasteiger partial charge in [-0.05, 0) is 49.6 Å². The Bertz CT molecular complexity index is 442. The van der Waals surface area contributed by atoms with E-state index < -0.39 is 0 Å². The number of benzene rings is 1. The van der Waals surface area contributed by atoms with E-state index in [1.165, 1.54) is 9.79 Å². The van der Waals surface area contributed by atoms with Crippen molar-refractivity contribution in [3.63, 3.8) is 0 Å². The Kier molecular flexibility index (Phi) is 2.77. The normalized spacial score (nSPS) is 21.2. The lowest BCUT2D eigenvalue weighted by Gasteiger charge is -2.15. The lowest BCUT2D eigenvalue weighted by atomic mass is 10.4. The van der Waals surface area contributed by atoms with Gasteiger partial charge in [0, 0.05) is 0 Å². The van der Waals surface area contributed by atoms with Crippen molar-refractivity contribution in [2.45, 2.75) is 9.79 Å². The lowest BCUT2D eigenvalue weighted by Crippen LogP contribution is -1.79. The monoisotopic (exact) mass is 246 g/mol. The van der Waals surface area contributed by atoms with Crippen LogP contribution in [-0.4, -0.2) is 0 Å². The number of hydrogen-bond acceptors (Lipinski definition) is 0. The van der Waals surface area contributed by atoms with Crippen LogP contribution < -0.4 is 0 Å². The molecule has 0 N–H and O–H groups in total. The smallest absolute Gasteiger partial charge is 0.00445 e. The van der Waals surface area contributed by atoms with Gasteiger partial charge in [0.15, 0.2) is 0 Å². The highest BCUT2D eigenvalue weighted by Gasteiger charge is 2.07. The molecule has 2 heteroatoms. The number of allylic oxidation sites excluding steroid dienone is 4. The van der Waals surface area contributed by atoms with Crippen molar-refractivity contribution in [3.05, 3.63) is 70.2 Å². The molecule has 0 unspecified atom stereocenters. The molecule has 0 atom stereocenters. The first-order valence-corrected chi connectivity index (χ1v) is 8.26. The van der Waals surface area contributed by atoms with Crippen LogP contribution in [0.15, 0.2) is 80.0 Å². The van der Waals surface area contributed by atoms with Gasteiger partial charge in [-0.2, -0.15) is 21.8 Å². The average Bonchev–Trinajstić information content (AvgIpc) is 3.03. The zero-order valence-electron chi connectivity index (χ0n) is 8.82. The Morgan fingerprint density at radius 1 is 0.625 bits per heavy atom. The summed E-state index contributed by atoms with van der Waals surface area (Å²) >= 11 is 0. The largest absolute Gasteiger partial charge is 0.186 e. The van der Waals surface area contributed by atoms with E-state index in [4.69, 9.17) is 0 Å². The van der Waals surface area contributed by atoms with Gasteiger partial charge in [-0.3, -0.25) is 0 Å². The number of thiol groups is 2. The summed E-state index contributed by atoms with van der Waals surface area (Å²) in [5.41, 5.74) is 0. The Labute approximate surface area is 102 Å². The van der Waals surface area contributed by atoms with E-state index in [-0.39, 0.29) is 21.8 Å². The van der Waals surface area contributed by atoms with Gasteiger partial charge in [-0.15, -0.1) is 0 Å². The van der Waals surface area contributed by atoms with Crippen molar-refractivity contribution in [1.29, 1.82) is 0 Å². The zero-order valence-corrected chi connectivity index (χ0v) is 10.6. The van der Waals surface area contributed by atoms with Crippen molar-refractivity contribution < 1.29 is 0 Å². The van der Waals surface area contributed by atoms with Gasteiger partial charge >= 0.3 is 0 Å². The summed E-state index contributed by atoms with van der Waals surface area (Å²) in [7, 11) is -0.339. The van der Waals surface area contributed by atoms with Crippen LogP contribution >= 0.6 is 21.8 Å². The maximum Gasteiger partial charge on any atom is -0.00445 e. The van der Waals surface area contributed by atoms with Gasteiger partial charge < -0.3 is 0 Å². The van der Waals surface area contributed by atoms with E-state index in [0.717, 1.165) is 0 Å². The first-order chi connectivity index (χ1) is 7.93. The Morgan fingerprint density at radius 2 is 1.06 bits per heavy atom. The molecule has 0 spiro atoms. The van der Waals surface area contributed by atoms with Crippen molar-refractivity contribution in [3.8, 4) is 0 Å². The first kappa shape index (κ1) is 10.1. The third-order valence-corrected chi connectivity index (χ3v) is 6.36. The van der Waals surface area contributed by atoms with E-state index >= 15 is 0 Å². The minimum Gasteiger partial charge on any atom is -0.186 e. The van der Waals surface area contributed by atoms with Gasteiger partial charge in [-0.25, -0.2) is 0 Å². The summed E-state index contributed by atoms with van der Waals surface area (Å²) in [4.78, 5) is 2.93. The second-order valence-corrected chi connectivity index (χ2v) is 7.55. The summed E-state index contributed by atoms with van der Waals surface area (Å²) in [6.07, 6.45) is 8.61. The molecule has 0 fully saturated rings. The van der Waals surface area contributed by atoms with E-state index in [2.05, 4.69) is 70.2 Å². The van der Waals surface area contributed by atoms with E-state index in [9.17, 15) is 0 Å². The fraction of sp³-hybridized carbons (Fsp3) is 0. The molecule has 0 nitrogen and oxygen atoms in total. The Morgan fingerprint density at radius 3 is 1.50 bits per heavy atom. The molecule has 82 valence electrons. The molecule has 0 saturated carbocycles. The quantitative estimate of drug-likeness (QED) is 0.706. The average molecular weight is 246 g/mol. The first-order valence-electron chi connectivity index (χ1n) is 5.30. The molecule has 0 amide bonds. The van der Waals surface area contributed by atoms with Crippen molar-refractivity contribution in [1.82, 2.24) is 0 Å². The molecule has 0 aromatic heterocycles. The van der Waals surface area contributed by atoms with Crippen LogP contribution in [0.1, 0.15) is 0 Å². The summed E-state index contributed by atoms with van der Waals surface area (Å²) in [6.45, 7) is 0. The van der Waals surface area contributed by atoms with Crippen LogP contribution in [0.5, 0.6) is 0 Å². The van der Waals surface area contributed by atoms with E-state index in [1.807, 2.05) is 0 Å². The third-order valence-electron chi connectivity index (χ3n) is 2.63. The molecule has 1 aromatic rings. The molecule has 0 radical (unpaired) electrons. The highest BCUT2D eigenvalue weighted by molar-refractivity contribution is 8.23. The molecule has 0 aliphatic carbocycles. The fourth-order valence-corrected chi connectivity index (χ4v) is 5.05. The molecule has 16 heavy (non-hydrogen) atoms. The second-order valence-electron chi connectivity index (χ2n) is 3.70. The van der Waals surface area contributed by atoms with Gasteiger partial charge in [0.2, 0.25) is 0 Å². The van der Waals surface area contributed by atoms with Crippen LogP contribution in [0.25, 0.3) is 0 Å². The number of hydrogen-bond donors (Lipinski definition) is 2. The van der Waals surface area contributed by atoms with Gasteiger partial charge in [0.1, 0.15) is 0 Å². The molecule has 2 aliphatic rings. The maximum atomic E-state index is 2.37. The summed E-state index contributed by atoms with van der Waals surface area (Å²) < 4.78 is 0. The number of rotatable bonds is 2. The summed E-state index contributed by atoms with van der Waals surface area (Å²) in [5, 5.41) is 9.23. The summed E-state index contributed by atoms with van der Waals surface area (Å²) in [5.74, 6) is 0. The predicted octanol–water partition coefficient (Wildman–Crippen LogP) is 4.49. The van der Waals surface area contributed by atoms with E-state index in [0.29, 0.717) is 0 Å². The highest BCUT2D eigenvalue weighted by Crippen LogP contribution is 2.47. The lowest BCUT2D eigenvalue weighted by molar-refractivity contribution is 1.33. The van der Waals surface area contributed by atoms with Gasteiger partial charge in [0.05, 0.1) is 0 Å². The van der Waals surface area contributed by atoms with Crippen molar-refractivity contribution in [2.24, 2.45) is 0 Å². The van der Waals surface area contributed by atoms with Crippen LogP contribution in [0.4, 0.5) is 0 Å². The minimum atomic E-state index is -0.170. The second kappa shape index (κ2) is 4.40. The van der Waals surface area contributed by atoms with Crippen LogP contribution in [0, 0.1) is 0 Å². The molecule has 3 rings (SSSR count). The minimum absolute atomic E-state index is 0.170. The molecule has 0 saturated heterocycles. The molecule has 0 bridgehead atoms. The Balaban J connectivity index is 1.93. The third kappa shape index (κ3) is 1.91. The molecule has 2 aliphatic heterocycles. The van der Waals surface area contributed by atoms with Crippen molar-refractivity contribution in [2.75, 3.05) is 0 Å². The summed E-state index contributed by atoms with van der Waals surface area (Å²) in [6, 6.07) is 9.05. The molecular weight excluding hydrogens is 232 g/mol. The van der Waals surface area contributed by atoms with Crippen LogP contribution in [-0.2, 0) is 0 Å². The predicted molar refractivity (Wildman–Crippen MR) is 77.5 cm³/mol. The Hall–Kier alpha value is -1.12. The van der Waals surface area contributed by atoms with Crippen LogP contribution in [0.3, 0.4) is 0 Å². The zero-order chi connectivity index (χ0) is 10.8. The van der Waals surface area contributed by atoms with Gasteiger partial charge in [0.25, 0.3) is 0 Å². The SMILES string of the molecule is C1=C[SH](c2cccc([SH]3C=CC=C3)c2)C=C1. The van der Waals surface area contributed by atoms with Gasteiger partial charge in [-0.1, -0.05) is 30.4 Å². The molecule has 1 aromatic carbocycles. The molecular formula is C14H14S2. The van der Waals surface area contributed by atoms with Crippen molar-refractivity contribution >= 4 is 21.8 Å². The van der Waals surface area contributed by atoms with E-state index in [1.54, 1.807) is 0 Å². The van der Waals surface area contributed by atoms with Crippen LogP contribution in [0.2, 0.25) is 0 Å². The standard InChI is InChI=1S/C14H14S2/c1-2-9-15(8-1)13-6-5-7-14(12-13)16-10-3-4-11-16/h1-12,15-16H. The topological polar surface area (TPSA) is 0 Å².